The lowest BCUT2D eigenvalue weighted by molar-refractivity contribution is 0.0950. The van der Waals surface area contributed by atoms with Gasteiger partial charge in [-0.1, -0.05) is 38.1 Å². The number of amides is 1. The average molecular weight is 355 g/mol. The van der Waals surface area contributed by atoms with Crippen LogP contribution in [0.25, 0.3) is 0 Å². The Hall–Kier alpha value is -2.11. The van der Waals surface area contributed by atoms with Crippen LogP contribution >= 0.6 is 0 Å². The van der Waals surface area contributed by atoms with Gasteiger partial charge in [0.15, 0.2) is 0 Å². The van der Waals surface area contributed by atoms with E-state index in [2.05, 4.69) is 48.3 Å². The van der Waals surface area contributed by atoms with Crippen molar-refractivity contribution in [1.82, 2.24) is 10.2 Å². The molecule has 1 amide bonds. The Morgan fingerprint density at radius 2 is 1.85 bits per heavy atom. The van der Waals surface area contributed by atoms with Crippen molar-refractivity contribution in [2.24, 2.45) is 17.6 Å². The second kappa shape index (κ2) is 8.52. The van der Waals surface area contributed by atoms with Gasteiger partial charge < -0.3 is 15.5 Å². The highest BCUT2D eigenvalue weighted by atomic mass is 16.3. The van der Waals surface area contributed by atoms with Crippen molar-refractivity contribution in [1.29, 1.82) is 0 Å². The predicted octanol–water partition coefficient (Wildman–Crippen LogP) is 3.15. The number of benzene rings is 1. The van der Waals surface area contributed by atoms with Crippen LogP contribution in [0, 0.1) is 11.8 Å². The second-order valence-corrected chi connectivity index (χ2v) is 7.65. The molecule has 2 atom stereocenters. The molecule has 3 N–H and O–H groups in total. The summed E-state index contributed by atoms with van der Waals surface area (Å²) < 4.78 is 5.20. The topological polar surface area (TPSA) is 71.5 Å². The van der Waals surface area contributed by atoms with Crippen LogP contribution in [0.5, 0.6) is 0 Å². The van der Waals surface area contributed by atoms with Gasteiger partial charge in [-0.3, -0.25) is 9.69 Å². The Bertz CT molecular complexity index is 713. The molecule has 0 radical (unpaired) electrons. The molecule has 5 heteroatoms. The lowest BCUT2D eigenvalue weighted by Gasteiger charge is -2.35. The van der Waals surface area contributed by atoms with E-state index < -0.39 is 0 Å². The van der Waals surface area contributed by atoms with Gasteiger partial charge in [0.25, 0.3) is 5.91 Å². The predicted molar refractivity (Wildman–Crippen MR) is 102 cm³/mol. The van der Waals surface area contributed by atoms with E-state index in [0.717, 1.165) is 23.9 Å². The van der Waals surface area contributed by atoms with Crippen LogP contribution in [-0.2, 0) is 19.6 Å². The molecule has 1 aliphatic rings. The molecule has 0 bridgehead atoms. The molecule has 3 rings (SSSR count). The Labute approximate surface area is 155 Å². The first-order valence-electron chi connectivity index (χ1n) is 9.39. The highest BCUT2D eigenvalue weighted by molar-refractivity contribution is 5.93. The first-order valence-corrected chi connectivity index (χ1v) is 9.39. The third kappa shape index (κ3) is 4.96. The summed E-state index contributed by atoms with van der Waals surface area (Å²) in [5, 5.41) is 2.91. The van der Waals surface area contributed by atoms with Crippen LogP contribution in [0.3, 0.4) is 0 Å². The van der Waals surface area contributed by atoms with Crippen molar-refractivity contribution in [2.45, 2.75) is 39.9 Å². The highest BCUT2D eigenvalue weighted by Crippen LogP contribution is 2.22. The number of carbonyl (C=O) groups excluding carboxylic acids is 1. The summed E-state index contributed by atoms with van der Waals surface area (Å²) in [7, 11) is 0. The molecule has 0 aliphatic carbocycles. The molecule has 2 unspecified atom stereocenters. The number of rotatable bonds is 6. The van der Waals surface area contributed by atoms with E-state index in [9.17, 15) is 4.79 Å². The Morgan fingerprint density at radius 1 is 1.19 bits per heavy atom. The monoisotopic (exact) mass is 355 g/mol. The number of likely N-dealkylation sites (tertiary alicyclic amines) is 1. The lowest BCUT2D eigenvalue weighted by Crippen LogP contribution is -2.38. The summed E-state index contributed by atoms with van der Waals surface area (Å²) in [5.74, 6) is 2.02. The summed E-state index contributed by atoms with van der Waals surface area (Å²) in [4.78, 5) is 14.7. The van der Waals surface area contributed by atoms with Crippen LogP contribution in [-0.4, -0.2) is 23.9 Å². The van der Waals surface area contributed by atoms with E-state index in [1.807, 2.05) is 0 Å². The zero-order chi connectivity index (χ0) is 18.5. The molecule has 0 spiro atoms. The van der Waals surface area contributed by atoms with Crippen LogP contribution in [0.4, 0.5) is 0 Å². The number of nitrogens with zero attached hydrogens (tertiary/aromatic N) is 1. The van der Waals surface area contributed by atoms with Gasteiger partial charge >= 0.3 is 0 Å². The minimum Gasteiger partial charge on any atom is -0.467 e. The van der Waals surface area contributed by atoms with Gasteiger partial charge in [0.2, 0.25) is 0 Å². The largest absolute Gasteiger partial charge is 0.467 e. The zero-order valence-electron chi connectivity index (χ0n) is 15.7. The fraction of sp³-hybridized carbons (Fsp3) is 0.476. The number of nitrogens with one attached hydrogen (secondary N) is 1. The molecule has 5 nitrogen and oxygen atoms in total. The molecule has 2 heterocycles. The second-order valence-electron chi connectivity index (χ2n) is 7.65. The van der Waals surface area contributed by atoms with Gasteiger partial charge in [-0.05, 0) is 35.4 Å². The van der Waals surface area contributed by atoms with E-state index in [4.69, 9.17) is 10.2 Å². The summed E-state index contributed by atoms with van der Waals surface area (Å²) >= 11 is 0. The number of furan rings is 1. The normalized spacial score (nSPS) is 20.9. The minimum absolute atomic E-state index is 0.145. The number of nitrogens with two attached hydrogens (primary N) is 1. The van der Waals surface area contributed by atoms with Crippen molar-refractivity contribution in [3.8, 4) is 0 Å². The van der Waals surface area contributed by atoms with Crippen LogP contribution in [0.15, 0.2) is 41.0 Å². The van der Waals surface area contributed by atoms with Crippen LogP contribution < -0.4 is 11.1 Å². The van der Waals surface area contributed by atoms with E-state index in [1.165, 1.54) is 31.3 Å². The third-order valence-corrected chi connectivity index (χ3v) is 4.94. The quantitative estimate of drug-likeness (QED) is 0.835. The van der Waals surface area contributed by atoms with Gasteiger partial charge in [-0.2, -0.15) is 0 Å². The first kappa shape index (κ1) is 18.7. The van der Waals surface area contributed by atoms with Gasteiger partial charge in [0.05, 0.1) is 12.1 Å². The molecule has 1 saturated heterocycles. The Morgan fingerprint density at radius 3 is 2.46 bits per heavy atom. The molecule has 0 saturated carbocycles. The molecule has 140 valence electrons. The zero-order valence-corrected chi connectivity index (χ0v) is 15.7. The summed E-state index contributed by atoms with van der Waals surface area (Å²) in [6.07, 6.45) is 2.78. The van der Waals surface area contributed by atoms with Crippen LogP contribution in [0.2, 0.25) is 0 Å². The summed E-state index contributed by atoms with van der Waals surface area (Å²) in [6, 6.07) is 10.2. The number of hydrogen-bond acceptors (Lipinski definition) is 4. The summed E-state index contributed by atoms with van der Waals surface area (Å²) in [5.41, 5.74) is 8.42. The fourth-order valence-corrected chi connectivity index (χ4v) is 3.83. The van der Waals surface area contributed by atoms with E-state index in [-0.39, 0.29) is 5.91 Å². The first-order chi connectivity index (χ1) is 12.5. The molecule has 1 fully saturated rings. The SMILES string of the molecule is CC1CC(C)CN(Cc2ccc(CNC(=O)c3coc(CN)c3)cc2)C1. The Kier molecular flexibility index (Phi) is 6.12. The average Bonchev–Trinajstić information content (AvgIpc) is 3.09. The van der Waals surface area contributed by atoms with Crippen molar-refractivity contribution in [2.75, 3.05) is 13.1 Å². The van der Waals surface area contributed by atoms with E-state index in [1.54, 1.807) is 6.07 Å². The number of piperidine rings is 1. The third-order valence-electron chi connectivity index (χ3n) is 4.94. The molecule has 26 heavy (non-hydrogen) atoms. The number of hydrogen-bond donors (Lipinski definition) is 2. The van der Waals surface area contributed by atoms with Crippen molar-refractivity contribution >= 4 is 5.91 Å². The van der Waals surface area contributed by atoms with E-state index in [0.29, 0.717) is 24.4 Å². The molecule has 2 aromatic rings. The van der Waals surface area contributed by atoms with Gasteiger partial charge in [0, 0.05) is 26.2 Å². The molecular formula is C21H29N3O2. The van der Waals surface area contributed by atoms with E-state index >= 15 is 0 Å². The maximum atomic E-state index is 12.1. The van der Waals surface area contributed by atoms with Gasteiger partial charge in [-0.25, -0.2) is 0 Å². The standard InChI is InChI=1S/C21H29N3O2/c1-15-7-16(2)12-24(11-15)13-18-5-3-17(4-6-18)10-23-21(25)19-8-20(9-22)26-14-19/h3-6,8,14-16H,7,9-13,22H2,1-2H3,(H,23,25). The van der Waals surface area contributed by atoms with Crippen molar-refractivity contribution in [3.63, 3.8) is 0 Å². The maximum absolute atomic E-state index is 12.1. The molecule has 1 aromatic carbocycles. The summed E-state index contributed by atoms with van der Waals surface area (Å²) in [6.45, 7) is 8.83. The fourth-order valence-electron chi connectivity index (χ4n) is 3.83. The Balaban J connectivity index is 1.50. The van der Waals surface area contributed by atoms with Crippen molar-refractivity contribution < 1.29 is 9.21 Å². The van der Waals surface area contributed by atoms with Crippen molar-refractivity contribution in [3.05, 3.63) is 59.0 Å². The van der Waals surface area contributed by atoms with Gasteiger partial charge in [-0.15, -0.1) is 0 Å². The molecular weight excluding hydrogens is 326 g/mol. The van der Waals surface area contributed by atoms with Gasteiger partial charge in [0.1, 0.15) is 12.0 Å². The number of carbonyl (C=O) groups is 1. The highest BCUT2D eigenvalue weighted by Gasteiger charge is 2.21. The molecule has 1 aliphatic heterocycles. The smallest absolute Gasteiger partial charge is 0.254 e. The molecule has 1 aromatic heterocycles. The van der Waals surface area contributed by atoms with Crippen LogP contribution in [0.1, 0.15) is 47.5 Å². The minimum atomic E-state index is -0.145. The maximum Gasteiger partial charge on any atom is 0.254 e. The lowest BCUT2D eigenvalue weighted by atomic mass is 9.91.